The van der Waals surface area contributed by atoms with E-state index < -0.39 is 0 Å². The van der Waals surface area contributed by atoms with Gasteiger partial charge in [-0.15, -0.1) is 11.3 Å². The highest BCUT2D eigenvalue weighted by molar-refractivity contribution is 9.10. The quantitative estimate of drug-likeness (QED) is 0.175. The zero-order valence-corrected chi connectivity index (χ0v) is 20.5. The summed E-state index contributed by atoms with van der Waals surface area (Å²) in [4.78, 5) is 5.16. The van der Waals surface area contributed by atoms with Gasteiger partial charge in [-0.1, -0.05) is 42.5 Å². The van der Waals surface area contributed by atoms with Gasteiger partial charge in [-0.2, -0.15) is 5.26 Å². The number of hydrogen-bond donors (Lipinski definition) is 0. The molecule has 0 aliphatic rings. The minimum atomic E-state index is 0.436. The van der Waals surface area contributed by atoms with Crippen LogP contribution < -0.4 is 9.47 Å². The average molecular weight is 523 g/mol. The third kappa shape index (κ3) is 5.52. The van der Waals surface area contributed by atoms with Crippen LogP contribution in [0.3, 0.4) is 0 Å². The summed E-state index contributed by atoms with van der Waals surface area (Å²) in [7, 11) is 0. The highest BCUT2D eigenvalue weighted by Gasteiger charge is 2.14. The summed E-state index contributed by atoms with van der Waals surface area (Å²) in [6, 6.07) is 24.0. The molecule has 0 amide bonds. The summed E-state index contributed by atoms with van der Waals surface area (Å²) in [5.74, 6) is 1.27. The number of rotatable bonds is 8. The van der Waals surface area contributed by atoms with Crippen molar-refractivity contribution in [2.45, 2.75) is 17.9 Å². The van der Waals surface area contributed by atoms with E-state index in [0.717, 1.165) is 30.2 Å². The predicted octanol–water partition coefficient (Wildman–Crippen LogP) is 7.69. The molecule has 0 aliphatic carbocycles. The number of benzene rings is 3. The molecule has 0 aliphatic heterocycles. The molecule has 4 nitrogen and oxygen atoms in total. The van der Waals surface area contributed by atoms with Gasteiger partial charge in [0.1, 0.15) is 12.7 Å². The molecule has 160 valence electrons. The number of ether oxygens (including phenoxy) is 2. The first kappa shape index (κ1) is 22.4. The summed E-state index contributed by atoms with van der Waals surface area (Å²) in [6.45, 7) is 2.87. The molecule has 4 rings (SSSR count). The Kier molecular flexibility index (Phi) is 7.48. The fourth-order valence-corrected chi connectivity index (χ4v) is 5.58. The number of fused-ring (bicyclic) bond motifs is 1. The van der Waals surface area contributed by atoms with E-state index in [1.807, 2.05) is 79.7 Å². The lowest BCUT2D eigenvalue weighted by molar-refractivity contribution is 0.267. The Labute approximate surface area is 203 Å². The lowest BCUT2D eigenvalue weighted by Gasteiger charge is -2.15. The second-order valence-electron chi connectivity index (χ2n) is 6.71. The minimum Gasteiger partial charge on any atom is -0.490 e. The number of nitrogens with zero attached hydrogens (tertiary/aromatic N) is 2. The van der Waals surface area contributed by atoms with E-state index in [0.29, 0.717) is 29.6 Å². The van der Waals surface area contributed by atoms with Gasteiger partial charge in [0.15, 0.2) is 15.8 Å². The van der Waals surface area contributed by atoms with Crippen LogP contribution in [0.5, 0.6) is 11.5 Å². The highest BCUT2D eigenvalue weighted by atomic mass is 79.9. The summed E-state index contributed by atoms with van der Waals surface area (Å²) in [6.07, 6.45) is 1.84. The van der Waals surface area contributed by atoms with E-state index in [2.05, 4.69) is 27.0 Å². The third-order valence-electron chi connectivity index (χ3n) is 4.44. The smallest absolute Gasteiger partial charge is 0.175 e. The van der Waals surface area contributed by atoms with Gasteiger partial charge in [0.25, 0.3) is 0 Å². The highest BCUT2D eigenvalue weighted by Crippen LogP contribution is 2.39. The van der Waals surface area contributed by atoms with Gasteiger partial charge < -0.3 is 9.47 Å². The maximum absolute atomic E-state index is 9.70. The SMILES string of the molecule is CCOc1cc(/C=C(\C#N)Sc2nc3ccccc3s2)cc(Br)c1OCc1ccccc1. The van der Waals surface area contributed by atoms with Crippen molar-refractivity contribution in [3.05, 3.63) is 87.2 Å². The first-order valence-electron chi connectivity index (χ1n) is 9.94. The number of aromatic nitrogens is 1. The Morgan fingerprint density at radius 1 is 1.12 bits per heavy atom. The van der Waals surface area contributed by atoms with Gasteiger partial charge in [-0.3, -0.25) is 0 Å². The Bertz CT molecular complexity index is 1260. The topological polar surface area (TPSA) is 55.1 Å². The molecule has 0 atom stereocenters. The van der Waals surface area contributed by atoms with Crippen molar-refractivity contribution < 1.29 is 9.47 Å². The van der Waals surface area contributed by atoms with Gasteiger partial charge in [0.05, 0.1) is 26.2 Å². The second kappa shape index (κ2) is 10.7. The Hall–Kier alpha value is -2.79. The summed E-state index contributed by atoms with van der Waals surface area (Å²) in [5.41, 5.74) is 2.86. The van der Waals surface area contributed by atoms with Gasteiger partial charge in [-0.25, -0.2) is 4.98 Å². The molecule has 3 aromatic carbocycles. The number of para-hydroxylation sites is 1. The van der Waals surface area contributed by atoms with Crippen molar-refractivity contribution in [1.82, 2.24) is 4.98 Å². The van der Waals surface area contributed by atoms with Gasteiger partial charge >= 0.3 is 0 Å². The Balaban J connectivity index is 1.58. The molecule has 32 heavy (non-hydrogen) atoms. The van der Waals surface area contributed by atoms with Crippen molar-refractivity contribution in [2.24, 2.45) is 0 Å². The maximum Gasteiger partial charge on any atom is 0.175 e. The number of thiazole rings is 1. The molecular formula is C25H19BrN2O2S2. The van der Waals surface area contributed by atoms with Crippen molar-refractivity contribution >= 4 is 55.3 Å². The molecule has 0 N–H and O–H groups in total. The lowest BCUT2D eigenvalue weighted by Crippen LogP contribution is -2.01. The molecule has 1 aromatic heterocycles. The number of hydrogen-bond acceptors (Lipinski definition) is 6. The molecule has 0 saturated carbocycles. The van der Waals surface area contributed by atoms with Crippen molar-refractivity contribution in [1.29, 1.82) is 5.26 Å². The van der Waals surface area contributed by atoms with Gasteiger partial charge in [-0.05, 0) is 76.1 Å². The van der Waals surface area contributed by atoms with Gasteiger partial charge in [0.2, 0.25) is 0 Å². The number of halogens is 1. The Morgan fingerprint density at radius 3 is 2.66 bits per heavy atom. The molecule has 0 bridgehead atoms. The molecule has 0 radical (unpaired) electrons. The number of thioether (sulfide) groups is 1. The minimum absolute atomic E-state index is 0.436. The lowest BCUT2D eigenvalue weighted by atomic mass is 10.2. The van der Waals surface area contributed by atoms with E-state index in [-0.39, 0.29) is 0 Å². The number of nitriles is 1. The van der Waals surface area contributed by atoms with Crippen molar-refractivity contribution in [2.75, 3.05) is 6.61 Å². The first-order valence-corrected chi connectivity index (χ1v) is 12.4. The van der Waals surface area contributed by atoms with Crippen LogP contribution in [0.2, 0.25) is 0 Å². The van der Waals surface area contributed by atoms with Crippen LogP contribution in [-0.4, -0.2) is 11.6 Å². The van der Waals surface area contributed by atoms with Crippen LogP contribution >= 0.6 is 39.0 Å². The van der Waals surface area contributed by atoms with E-state index in [4.69, 9.17) is 9.47 Å². The largest absolute Gasteiger partial charge is 0.490 e. The molecule has 0 saturated heterocycles. The molecule has 0 unspecified atom stereocenters. The van der Waals surface area contributed by atoms with E-state index in [1.54, 1.807) is 11.3 Å². The maximum atomic E-state index is 9.70. The fraction of sp³-hybridized carbons (Fsp3) is 0.120. The van der Waals surface area contributed by atoms with Crippen LogP contribution in [0.4, 0.5) is 0 Å². The molecule has 0 spiro atoms. The molecule has 7 heteroatoms. The standard InChI is InChI=1S/C25H19BrN2O2S2/c1-2-29-22-14-18(13-20(26)24(22)30-16-17-8-4-3-5-9-17)12-19(15-27)31-25-28-21-10-6-7-11-23(21)32-25/h3-14H,2,16H2,1H3/b19-12+. The van der Waals surface area contributed by atoms with E-state index >= 15 is 0 Å². The van der Waals surface area contributed by atoms with Crippen LogP contribution in [0.1, 0.15) is 18.1 Å². The van der Waals surface area contributed by atoms with Crippen LogP contribution in [0.15, 0.2) is 80.4 Å². The summed E-state index contributed by atoms with van der Waals surface area (Å²) >= 11 is 6.55. The molecule has 4 aromatic rings. The zero-order valence-electron chi connectivity index (χ0n) is 17.2. The Morgan fingerprint density at radius 2 is 1.91 bits per heavy atom. The molecule has 1 heterocycles. The van der Waals surface area contributed by atoms with Crippen molar-refractivity contribution in [3.63, 3.8) is 0 Å². The predicted molar refractivity (Wildman–Crippen MR) is 135 cm³/mol. The van der Waals surface area contributed by atoms with E-state index in [9.17, 15) is 5.26 Å². The fourth-order valence-electron chi connectivity index (χ4n) is 3.03. The van der Waals surface area contributed by atoms with E-state index in [1.165, 1.54) is 11.8 Å². The third-order valence-corrected chi connectivity index (χ3v) is 7.05. The van der Waals surface area contributed by atoms with Crippen LogP contribution in [-0.2, 0) is 6.61 Å². The van der Waals surface area contributed by atoms with Crippen LogP contribution in [0.25, 0.3) is 16.3 Å². The first-order chi connectivity index (χ1) is 15.7. The second-order valence-corrected chi connectivity index (χ2v) is 9.88. The molecular weight excluding hydrogens is 504 g/mol. The summed E-state index contributed by atoms with van der Waals surface area (Å²) in [5, 5.41) is 9.70. The van der Waals surface area contributed by atoms with Gasteiger partial charge in [0, 0.05) is 0 Å². The van der Waals surface area contributed by atoms with Crippen molar-refractivity contribution in [3.8, 4) is 17.6 Å². The monoisotopic (exact) mass is 522 g/mol. The summed E-state index contributed by atoms with van der Waals surface area (Å²) < 4.78 is 14.6. The number of allylic oxidation sites excluding steroid dienone is 1. The normalized spacial score (nSPS) is 11.3. The zero-order chi connectivity index (χ0) is 22.3. The average Bonchev–Trinajstić information content (AvgIpc) is 3.21. The molecule has 0 fully saturated rings. The van der Waals surface area contributed by atoms with Crippen LogP contribution in [0, 0.1) is 11.3 Å².